The standard InChI is InChI=1S/C18H28N6O3S/c1-11-7-17(2,3)10-18(8-11)14(26)24(15(27)20-18)9-13(25)19-6-5-12-21-22-16(28)23(12)4/h11H,5-10H2,1-4H3,(H,19,25)(H,20,27)(H,22,28). The van der Waals surface area contributed by atoms with Gasteiger partial charge in [-0.3, -0.25) is 19.6 Å². The highest BCUT2D eigenvalue weighted by molar-refractivity contribution is 7.71. The summed E-state index contributed by atoms with van der Waals surface area (Å²) in [7, 11) is 1.79. The Hall–Kier alpha value is -2.23. The molecule has 0 aromatic carbocycles. The van der Waals surface area contributed by atoms with Gasteiger partial charge in [-0.25, -0.2) is 4.79 Å². The molecule has 0 bridgehead atoms. The predicted octanol–water partition coefficient (Wildman–Crippen LogP) is 1.27. The molecule has 2 fully saturated rings. The first-order valence-electron chi connectivity index (χ1n) is 9.54. The number of hydrogen-bond acceptors (Lipinski definition) is 5. The first kappa shape index (κ1) is 20.5. The van der Waals surface area contributed by atoms with Crippen LogP contribution in [-0.4, -0.2) is 56.1 Å². The number of aromatic nitrogens is 3. The van der Waals surface area contributed by atoms with Crippen LogP contribution in [0.25, 0.3) is 0 Å². The Morgan fingerprint density at radius 2 is 2.07 bits per heavy atom. The first-order valence-corrected chi connectivity index (χ1v) is 9.95. The minimum absolute atomic E-state index is 0.0402. The van der Waals surface area contributed by atoms with Crippen LogP contribution in [0.2, 0.25) is 0 Å². The second kappa shape index (κ2) is 7.31. The van der Waals surface area contributed by atoms with E-state index in [1.807, 2.05) is 0 Å². The average Bonchev–Trinajstić information content (AvgIpc) is 2.98. The van der Waals surface area contributed by atoms with Gasteiger partial charge >= 0.3 is 6.03 Å². The van der Waals surface area contributed by atoms with Crippen molar-refractivity contribution in [3.8, 4) is 0 Å². The molecule has 1 aromatic heterocycles. The summed E-state index contributed by atoms with van der Waals surface area (Å²) in [6.07, 6.45) is 2.70. The van der Waals surface area contributed by atoms with Crippen molar-refractivity contribution in [2.45, 2.75) is 52.0 Å². The fourth-order valence-electron chi connectivity index (χ4n) is 4.77. The lowest BCUT2D eigenvalue weighted by Crippen LogP contribution is -2.54. The first-order chi connectivity index (χ1) is 13.0. The molecule has 2 heterocycles. The summed E-state index contributed by atoms with van der Waals surface area (Å²) in [6, 6.07) is -0.487. The molecule has 1 saturated heterocycles. The Morgan fingerprint density at radius 3 is 2.68 bits per heavy atom. The lowest BCUT2D eigenvalue weighted by Gasteiger charge is -2.43. The van der Waals surface area contributed by atoms with Gasteiger partial charge in [0.15, 0.2) is 4.77 Å². The summed E-state index contributed by atoms with van der Waals surface area (Å²) >= 11 is 5.05. The maximum Gasteiger partial charge on any atom is 0.325 e. The van der Waals surface area contributed by atoms with E-state index in [2.05, 4.69) is 41.6 Å². The molecule has 1 aliphatic carbocycles. The number of nitrogens with one attached hydrogen (secondary N) is 3. The van der Waals surface area contributed by atoms with E-state index in [-0.39, 0.29) is 23.8 Å². The Labute approximate surface area is 169 Å². The Morgan fingerprint density at radius 1 is 1.36 bits per heavy atom. The van der Waals surface area contributed by atoms with Gasteiger partial charge in [-0.2, -0.15) is 5.10 Å². The van der Waals surface area contributed by atoms with Crippen molar-refractivity contribution in [1.82, 2.24) is 30.3 Å². The smallest absolute Gasteiger partial charge is 0.325 e. The third kappa shape index (κ3) is 3.96. The van der Waals surface area contributed by atoms with Gasteiger partial charge in [0.2, 0.25) is 5.91 Å². The largest absolute Gasteiger partial charge is 0.354 e. The van der Waals surface area contributed by atoms with Crippen molar-refractivity contribution < 1.29 is 14.4 Å². The number of nitrogens with zero attached hydrogens (tertiary/aromatic N) is 3. The summed E-state index contributed by atoms with van der Waals surface area (Å²) in [4.78, 5) is 38.8. The van der Waals surface area contributed by atoms with Crippen LogP contribution in [0.3, 0.4) is 0 Å². The van der Waals surface area contributed by atoms with Crippen molar-refractivity contribution in [2.75, 3.05) is 13.1 Å². The van der Waals surface area contributed by atoms with Crippen molar-refractivity contribution in [3.05, 3.63) is 10.6 Å². The number of urea groups is 1. The zero-order chi connectivity index (χ0) is 20.7. The third-order valence-corrected chi connectivity index (χ3v) is 5.93. The van der Waals surface area contributed by atoms with Gasteiger partial charge < -0.3 is 15.2 Å². The lowest BCUT2D eigenvalue weighted by molar-refractivity contribution is -0.137. The molecule has 2 aliphatic rings. The van der Waals surface area contributed by atoms with E-state index < -0.39 is 11.6 Å². The molecule has 1 saturated carbocycles. The van der Waals surface area contributed by atoms with Crippen molar-refractivity contribution in [2.24, 2.45) is 18.4 Å². The number of rotatable bonds is 5. The molecule has 3 rings (SSSR count). The van der Waals surface area contributed by atoms with Crippen LogP contribution in [0, 0.1) is 16.1 Å². The normalized spacial score (nSPS) is 26.6. The minimum Gasteiger partial charge on any atom is -0.354 e. The fraction of sp³-hybridized carbons (Fsp3) is 0.722. The SMILES string of the molecule is CC1CC(C)(C)CC2(C1)NC(=O)N(CC(=O)NCCc1n[nH]c(=S)n1C)C2=O. The number of hydrogen-bond donors (Lipinski definition) is 3. The molecule has 3 N–H and O–H groups in total. The molecule has 1 spiro atoms. The molecule has 2 atom stereocenters. The molecule has 1 aromatic rings. The van der Waals surface area contributed by atoms with E-state index in [0.717, 1.165) is 17.1 Å². The number of carbonyl (C=O) groups is 3. The Bertz CT molecular complexity index is 860. The number of aromatic amines is 1. The summed E-state index contributed by atoms with van der Waals surface area (Å²) < 4.78 is 2.24. The van der Waals surface area contributed by atoms with Gasteiger partial charge in [0.1, 0.15) is 17.9 Å². The molecule has 28 heavy (non-hydrogen) atoms. The van der Waals surface area contributed by atoms with E-state index in [4.69, 9.17) is 12.2 Å². The second-order valence-electron chi connectivity index (χ2n) is 8.86. The van der Waals surface area contributed by atoms with E-state index in [9.17, 15) is 14.4 Å². The van der Waals surface area contributed by atoms with Crippen molar-refractivity contribution in [3.63, 3.8) is 0 Å². The van der Waals surface area contributed by atoms with Gasteiger partial charge in [0.05, 0.1) is 0 Å². The molecular weight excluding hydrogens is 380 g/mol. The van der Waals surface area contributed by atoms with Crippen molar-refractivity contribution >= 4 is 30.1 Å². The fourth-order valence-corrected chi connectivity index (χ4v) is 4.92. The Balaban J connectivity index is 1.59. The van der Waals surface area contributed by atoms with E-state index in [1.54, 1.807) is 11.6 Å². The van der Waals surface area contributed by atoms with Crippen LogP contribution < -0.4 is 10.6 Å². The number of H-pyrrole nitrogens is 1. The lowest BCUT2D eigenvalue weighted by atomic mass is 9.64. The molecule has 0 radical (unpaired) electrons. The van der Waals surface area contributed by atoms with Crippen LogP contribution >= 0.6 is 12.2 Å². The highest BCUT2D eigenvalue weighted by atomic mass is 32.1. The highest BCUT2D eigenvalue weighted by Crippen LogP contribution is 2.46. The van der Waals surface area contributed by atoms with Crippen LogP contribution in [0.4, 0.5) is 4.79 Å². The topological polar surface area (TPSA) is 112 Å². The van der Waals surface area contributed by atoms with Gasteiger partial charge in [-0.15, -0.1) is 0 Å². The molecule has 2 unspecified atom stereocenters. The summed E-state index contributed by atoms with van der Waals surface area (Å²) in [5, 5.41) is 12.4. The summed E-state index contributed by atoms with van der Waals surface area (Å²) in [6.45, 7) is 6.39. The van der Waals surface area contributed by atoms with E-state index >= 15 is 0 Å². The summed E-state index contributed by atoms with van der Waals surface area (Å²) in [5.74, 6) is 0.380. The molecule has 1 aliphatic heterocycles. The molecule has 9 nitrogen and oxygen atoms in total. The van der Waals surface area contributed by atoms with Crippen molar-refractivity contribution in [1.29, 1.82) is 0 Å². The van der Waals surface area contributed by atoms with Crippen LogP contribution in [0.5, 0.6) is 0 Å². The minimum atomic E-state index is -0.888. The Kier molecular flexibility index (Phi) is 5.35. The number of amides is 4. The van der Waals surface area contributed by atoms with Crippen LogP contribution in [0.1, 0.15) is 45.9 Å². The predicted molar refractivity (Wildman–Crippen MR) is 105 cm³/mol. The highest BCUT2D eigenvalue weighted by Gasteiger charge is 2.56. The van der Waals surface area contributed by atoms with Gasteiger partial charge in [-0.1, -0.05) is 20.8 Å². The molecular formula is C18H28N6O3S. The molecule has 10 heteroatoms. The third-order valence-electron chi connectivity index (χ3n) is 5.57. The average molecular weight is 409 g/mol. The molecule has 4 amide bonds. The number of carbonyl (C=O) groups excluding carboxylic acids is 3. The van der Waals surface area contributed by atoms with Gasteiger partial charge in [0, 0.05) is 20.0 Å². The summed E-state index contributed by atoms with van der Waals surface area (Å²) in [5.41, 5.74) is -0.928. The monoisotopic (exact) mass is 408 g/mol. The van der Waals surface area contributed by atoms with E-state index in [0.29, 0.717) is 36.5 Å². The quantitative estimate of drug-likeness (QED) is 0.502. The maximum absolute atomic E-state index is 13.0. The zero-order valence-electron chi connectivity index (χ0n) is 16.8. The molecule has 154 valence electrons. The van der Waals surface area contributed by atoms with Gasteiger partial charge in [0.25, 0.3) is 5.91 Å². The van der Waals surface area contributed by atoms with Crippen LogP contribution in [0.15, 0.2) is 0 Å². The van der Waals surface area contributed by atoms with E-state index in [1.165, 1.54) is 0 Å². The van der Waals surface area contributed by atoms with Crippen LogP contribution in [-0.2, 0) is 23.1 Å². The number of imide groups is 1. The maximum atomic E-state index is 13.0. The second-order valence-corrected chi connectivity index (χ2v) is 9.25. The van der Waals surface area contributed by atoms with Gasteiger partial charge in [-0.05, 0) is 42.8 Å². The zero-order valence-corrected chi connectivity index (χ0v) is 17.6.